The summed E-state index contributed by atoms with van der Waals surface area (Å²) in [4.78, 5) is 12.3. The number of aryl methyl sites for hydroxylation is 1. The first-order valence-electron chi connectivity index (χ1n) is 5.70. The van der Waals surface area contributed by atoms with Crippen LogP contribution in [0.15, 0.2) is 48.5 Å². The lowest BCUT2D eigenvalue weighted by Crippen LogP contribution is -2.06. The van der Waals surface area contributed by atoms with E-state index in [2.05, 4.69) is 6.92 Å². The molecule has 2 rings (SSSR count). The average Bonchev–Trinajstić information content (AvgIpc) is 2.39. The van der Waals surface area contributed by atoms with Gasteiger partial charge in [0.1, 0.15) is 0 Å². The molecule has 0 bridgehead atoms. The molecular formula is C15H15NO. The van der Waals surface area contributed by atoms with Crippen molar-refractivity contribution in [2.75, 3.05) is 5.73 Å². The van der Waals surface area contributed by atoms with Gasteiger partial charge in [-0.25, -0.2) is 0 Å². The number of hydrogen-bond acceptors (Lipinski definition) is 2. The molecular weight excluding hydrogens is 210 g/mol. The highest BCUT2D eigenvalue weighted by Crippen LogP contribution is 2.18. The van der Waals surface area contributed by atoms with E-state index in [0.29, 0.717) is 16.8 Å². The predicted octanol–water partition coefficient (Wildman–Crippen LogP) is 3.06. The van der Waals surface area contributed by atoms with Crippen LogP contribution in [0.3, 0.4) is 0 Å². The Labute approximate surface area is 101 Å². The molecule has 0 saturated heterocycles. The smallest absolute Gasteiger partial charge is 0.195 e. The molecule has 0 aliphatic carbocycles. The first-order chi connectivity index (χ1) is 8.22. The van der Waals surface area contributed by atoms with Crippen LogP contribution in [0.2, 0.25) is 0 Å². The first-order valence-corrected chi connectivity index (χ1v) is 5.70. The zero-order chi connectivity index (χ0) is 12.3. The summed E-state index contributed by atoms with van der Waals surface area (Å²) in [5.41, 5.74) is 8.79. The van der Waals surface area contributed by atoms with E-state index in [1.165, 1.54) is 0 Å². The topological polar surface area (TPSA) is 43.1 Å². The fraction of sp³-hybridized carbons (Fsp3) is 0.133. The molecule has 0 heterocycles. The fourth-order valence-corrected chi connectivity index (χ4v) is 1.77. The minimum atomic E-state index is -0.0154. The molecule has 0 amide bonds. The van der Waals surface area contributed by atoms with Crippen molar-refractivity contribution in [1.29, 1.82) is 0 Å². The van der Waals surface area contributed by atoms with Gasteiger partial charge in [-0.1, -0.05) is 43.3 Å². The van der Waals surface area contributed by atoms with Crippen LogP contribution in [-0.2, 0) is 6.42 Å². The summed E-state index contributed by atoms with van der Waals surface area (Å²) in [5.74, 6) is -0.0154. The van der Waals surface area contributed by atoms with E-state index in [9.17, 15) is 4.79 Å². The molecule has 0 spiro atoms. The Bertz CT molecular complexity index is 532. The maximum Gasteiger partial charge on any atom is 0.195 e. The number of rotatable bonds is 3. The van der Waals surface area contributed by atoms with Crippen LogP contribution < -0.4 is 5.73 Å². The summed E-state index contributed by atoms with van der Waals surface area (Å²) in [6.07, 6.45) is 0.898. The molecule has 0 aliphatic rings. The second-order valence-electron chi connectivity index (χ2n) is 3.97. The highest BCUT2D eigenvalue weighted by atomic mass is 16.1. The summed E-state index contributed by atoms with van der Waals surface area (Å²) in [7, 11) is 0. The standard InChI is InChI=1S/C15H15NO/c1-2-11-8-9-14(16)13(10-11)15(17)12-6-4-3-5-7-12/h3-10H,2,16H2,1H3. The highest BCUT2D eigenvalue weighted by molar-refractivity contribution is 6.12. The number of carbonyl (C=O) groups is 1. The van der Waals surface area contributed by atoms with E-state index in [4.69, 9.17) is 5.73 Å². The minimum absolute atomic E-state index is 0.0154. The quantitative estimate of drug-likeness (QED) is 0.644. The van der Waals surface area contributed by atoms with Crippen molar-refractivity contribution in [2.24, 2.45) is 0 Å². The number of benzene rings is 2. The Kier molecular flexibility index (Phi) is 3.24. The number of carbonyl (C=O) groups excluding carboxylic acids is 1. The Balaban J connectivity index is 2.44. The average molecular weight is 225 g/mol. The van der Waals surface area contributed by atoms with Gasteiger partial charge in [-0.3, -0.25) is 4.79 Å². The molecule has 0 unspecified atom stereocenters. The van der Waals surface area contributed by atoms with E-state index < -0.39 is 0 Å². The Morgan fingerprint density at radius 3 is 2.47 bits per heavy atom. The number of ketones is 1. The van der Waals surface area contributed by atoms with Gasteiger partial charge < -0.3 is 5.73 Å². The van der Waals surface area contributed by atoms with Gasteiger partial charge in [0.25, 0.3) is 0 Å². The molecule has 0 aliphatic heterocycles. The van der Waals surface area contributed by atoms with E-state index >= 15 is 0 Å². The molecule has 2 aromatic carbocycles. The monoisotopic (exact) mass is 225 g/mol. The number of anilines is 1. The van der Waals surface area contributed by atoms with Crippen molar-refractivity contribution in [2.45, 2.75) is 13.3 Å². The van der Waals surface area contributed by atoms with Crippen LogP contribution in [-0.4, -0.2) is 5.78 Å². The fourth-order valence-electron chi connectivity index (χ4n) is 1.77. The van der Waals surface area contributed by atoms with Gasteiger partial charge in [0, 0.05) is 16.8 Å². The lowest BCUT2D eigenvalue weighted by Gasteiger charge is -2.07. The minimum Gasteiger partial charge on any atom is -0.398 e. The van der Waals surface area contributed by atoms with E-state index in [1.54, 1.807) is 18.2 Å². The van der Waals surface area contributed by atoms with E-state index in [-0.39, 0.29) is 5.78 Å². The molecule has 2 nitrogen and oxygen atoms in total. The molecule has 0 radical (unpaired) electrons. The lowest BCUT2D eigenvalue weighted by molar-refractivity contribution is 0.103. The van der Waals surface area contributed by atoms with Gasteiger partial charge in [0.15, 0.2) is 5.78 Å². The maximum absolute atomic E-state index is 12.3. The molecule has 0 atom stereocenters. The molecule has 17 heavy (non-hydrogen) atoms. The van der Waals surface area contributed by atoms with Crippen molar-refractivity contribution < 1.29 is 4.79 Å². The van der Waals surface area contributed by atoms with Crippen molar-refractivity contribution in [3.63, 3.8) is 0 Å². The largest absolute Gasteiger partial charge is 0.398 e. The highest BCUT2D eigenvalue weighted by Gasteiger charge is 2.12. The van der Waals surface area contributed by atoms with Crippen LogP contribution in [0.5, 0.6) is 0 Å². The number of nitrogens with two attached hydrogens (primary N) is 1. The molecule has 0 saturated carbocycles. The zero-order valence-corrected chi connectivity index (χ0v) is 9.81. The van der Waals surface area contributed by atoms with Gasteiger partial charge in [-0.2, -0.15) is 0 Å². The third-order valence-corrected chi connectivity index (χ3v) is 2.81. The summed E-state index contributed by atoms with van der Waals surface area (Å²) >= 11 is 0. The summed E-state index contributed by atoms with van der Waals surface area (Å²) < 4.78 is 0. The van der Waals surface area contributed by atoms with Gasteiger partial charge in [-0.05, 0) is 24.1 Å². The van der Waals surface area contributed by atoms with Crippen LogP contribution in [0.1, 0.15) is 28.4 Å². The van der Waals surface area contributed by atoms with Gasteiger partial charge in [0.2, 0.25) is 0 Å². The van der Waals surface area contributed by atoms with Crippen LogP contribution >= 0.6 is 0 Å². The van der Waals surface area contributed by atoms with Crippen LogP contribution in [0.25, 0.3) is 0 Å². The Morgan fingerprint density at radius 1 is 1.12 bits per heavy atom. The lowest BCUT2D eigenvalue weighted by atomic mass is 9.99. The molecule has 86 valence electrons. The normalized spacial score (nSPS) is 10.2. The second kappa shape index (κ2) is 4.83. The summed E-state index contributed by atoms with van der Waals surface area (Å²) in [5, 5.41) is 0. The summed E-state index contributed by atoms with van der Waals surface area (Å²) in [6, 6.07) is 14.8. The SMILES string of the molecule is CCc1ccc(N)c(C(=O)c2ccccc2)c1. The van der Waals surface area contributed by atoms with Crippen molar-refractivity contribution in [3.8, 4) is 0 Å². The van der Waals surface area contributed by atoms with Crippen LogP contribution in [0.4, 0.5) is 5.69 Å². The van der Waals surface area contributed by atoms with Gasteiger partial charge >= 0.3 is 0 Å². The number of hydrogen-bond donors (Lipinski definition) is 1. The Hall–Kier alpha value is -2.09. The van der Waals surface area contributed by atoms with Crippen molar-refractivity contribution in [3.05, 3.63) is 65.2 Å². The molecule has 2 aromatic rings. The van der Waals surface area contributed by atoms with Crippen molar-refractivity contribution in [1.82, 2.24) is 0 Å². The maximum atomic E-state index is 12.3. The molecule has 0 fully saturated rings. The van der Waals surface area contributed by atoms with E-state index in [0.717, 1.165) is 12.0 Å². The van der Waals surface area contributed by atoms with Gasteiger partial charge in [0.05, 0.1) is 0 Å². The summed E-state index contributed by atoms with van der Waals surface area (Å²) in [6.45, 7) is 2.06. The third-order valence-electron chi connectivity index (χ3n) is 2.81. The zero-order valence-electron chi connectivity index (χ0n) is 9.81. The Morgan fingerprint density at radius 2 is 1.82 bits per heavy atom. The third kappa shape index (κ3) is 2.36. The van der Waals surface area contributed by atoms with Gasteiger partial charge in [-0.15, -0.1) is 0 Å². The van der Waals surface area contributed by atoms with Crippen LogP contribution in [0, 0.1) is 0 Å². The number of nitrogen functional groups attached to an aromatic ring is 1. The predicted molar refractivity (Wildman–Crippen MR) is 70.1 cm³/mol. The second-order valence-corrected chi connectivity index (χ2v) is 3.97. The molecule has 0 aromatic heterocycles. The van der Waals surface area contributed by atoms with Crippen molar-refractivity contribution >= 4 is 11.5 Å². The van der Waals surface area contributed by atoms with E-state index in [1.807, 2.05) is 30.3 Å². The molecule has 2 N–H and O–H groups in total. The molecule has 2 heteroatoms. The first kappa shape index (κ1) is 11.4.